The molecule has 0 saturated heterocycles. The lowest BCUT2D eigenvalue weighted by molar-refractivity contribution is -0.386. The highest BCUT2D eigenvalue weighted by Crippen LogP contribution is 2.58. The number of rotatable bonds is 13. The van der Waals surface area contributed by atoms with E-state index in [9.17, 15) is 40.0 Å². The predicted molar refractivity (Wildman–Crippen MR) is 154 cm³/mol. The molecule has 0 aliphatic heterocycles. The van der Waals surface area contributed by atoms with Gasteiger partial charge >= 0.3 is 11.9 Å². The summed E-state index contributed by atoms with van der Waals surface area (Å²) < 4.78 is 0. The fourth-order valence-corrected chi connectivity index (χ4v) is 5.94. The summed E-state index contributed by atoms with van der Waals surface area (Å²) >= 11 is 0. The average molecular weight is 569 g/mol. The highest BCUT2D eigenvalue weighted by molar-refractivity contribution is 5.81. The fraction of sp³-hybridized carbons (Fsp3) is 0.188. The number of para-hydroxylation sites is 2. The van der Waals surface area contributed by atoms with E-state index < -0.39 is 39.0 Å². The Kier molecular flexibility index (Phi) is 9.06. The van der Waals surface area contributed by atoms with Gasteiger partial charge in [-0.2, -0.15) is 0 Å². The molecule has 2 N–H and O–H groups in total. The van der Waals surface area contributed by atoms with Crippen molar-refractivity contribution >= 4 is 23.3 Å². The summed E-state index contributed by atoms with van der Waals surface area (Å²) in [4.78, 5) is 49.0. The lowest BCUT2D eigenvalue weighted by Crippen LogP contribution is -2.44. The zero-order valence-electron chi connectivity index (χ0n) is 22.4. The Morgan fingerprint density at radius 3 is 1.38 bits per heavy atom. The Hall–Kier alpha value is -5.38. The van der Waals surface area contributed by atoms with Crippen LogP contribution in [-0.4, -0.2) is 32.0 Å². The van der Waals surface area contributed by atoms with Crippen LogP contribution in [0.3, 0.4) is 0 Å². The zero-order chi connectivity index (χ0) is 30.3. The van der Waals surface area contributed by atoms with E-state index in [4.69, 9.17) is 0 Å². The van der Waals surface area contributed by atoms with Crippen molar-refractivity contribution in [1.82, 2.24) is 0 Å². The highest BCUT2D eigenvalue weighted by Gasteiger charge is 2.56. The van der Waals surface area contributed by atoms with Crippen molar-refractivity contribution in [2.45, 2.75) is 31.1 Å². The predicted octanol–water partition coefficient (Wildman–Crippen LogP) is 6.79. The Morgan fingerprint density at radius 2 is 1.02 bits per heavy atom. The molecule has 4 aromatic carbocycles. The number of nitro groups is 2. The number of hydrogen-bond acceptors (Lipinski definition) is 6. The smallest absolute Gasteiger partial charge is 0.311 e. The van der Waals surface area contributed by atoms with Gasteiger partial charge in [-0.25, -0.2) is 0 Å². The summed E-state index contributed by atoms with van der Waals surface area (Å²) in [6, 6.07) is 28.5. The van der Waals surface area contributed by atoms with Gasteiger partial charge in [0.15, 0.2) is 0 Å². The van der Waals surface area contributed by atoms with Gasteiger partial charge in [-0.05, 0) is 24.0 Å². The molecule has 10 nitrogen and oxygen atoms in total. The zero-order valence-corrected chi connectivity index (χ0v) is 22.4. The number of hydrogen-bond donors (Lipinski definition) is 2. The van der Waals surface area contributed by atoms with Crippen molar-refractivity contribution in [1.29, 1.82) is 0 Å². The second-order valence-corrected chi connectivity index (χ2v) is 9.91. The summed E-state index contributed by atoms with van der Waals surface area (Å²) in [5.74, 6) is -4.93. The second-order valence-electron chi connectivity index (χ2n) is 9.91. The number of carboxylic acid groups (broad SMARTS) is 2. The number of nitro benzene ring substituents is 2. The van der Waals surface area contributed by atoms with E-state index >= 15 is 0 Å². The third kappa shape index (κ3) is 5.87. The number of benzene rings is 4. The summed E-state index contributed by atoms with van der Waals surface area (Å²) in [6.07, 6.45) is -0.729. The second kappa shape index (κ2) is 12.9. The SMILES string of the molecule is O=C(O)CCCC(C(=O)O)(C(c1ccccc1)c1ccccc1[N+](=O)[O-])C(c1ccccc1)c1ccccc1[N+](=O)[O-]. The summed E-state index contributed by atoms with van der Waals surface area (Å²) in [6.45, 7) is 0. The highest BCUT2D eigenvalue weighted by atomic mass is 16.6. The molecule has 2 atom stereocenters. The van der Waals surface area contributed by atoms with Crippen LogP contribution in [0.15, 0.2) is 109 Å². The van der Waals surface area contributed by atoms with Crippen LogP contribution in [-0.2, 0) is 9.59 Å². The van der Waals surface area contributed by atoms with Gasteiger partial charge in [0.2, 0.25) is 0 Å². The molecule has 0 amide bonds. The minimum Gasteiger partial charge on any atom is -0.481 e. The number of aliphatic carboxylic acids is 2. The van der Waals surface area contributed by atoms with E-state index in [1.165, 1.54) is 36.4 Å². The Balaban J connectivity index is 2.20. The Morgan fingerprint density at radius 1 is 0.643 bits per heavy atom. The van der Waals surface area contributed by atoms with Crippen LogP contribution < -0.4 is 0 Å². The molecular weight excluding hydrogens is 540 g/mol. The van der Waals surface area contributed by atoms with Gasteiger partial charge in [0, 0.05) is 41.5 Å². The van der Waals surface area contributed by atoms with E-state index in [-0.39, 0.29) is 41.8 Å². The van der Waals surface area contributed by atoms with Gasteiger partial charge in [-0.3, -0.25) is 29.8 Å². The molecule has 0 aliphatic carbocycles. The van der Waals surface area contributed by atoms with Crippen LogP contribution in [0, 0.1) is 25.6 Å². The van der Waals surface area contributed by atoms with E-state index in [0.29, 0.717) is 11.1 Å². The van der Waals surface area contributed by atoms with E-state index in [1.54, 1.807) is 72.8 Å². The Labute approximate surface area is 241 Å². The lowest BCUT2D eigenvalue weighted by atomic mass is 9.56. The normalized spacial score (nSPS) is 13.8. The molecule has 0 fully saturated rings. The first kappa shape index (κ1) is 29.6. The molecule has 0 radical (unpaired) electrons. The third-order valence-electron chi connectivity index (χ3n) is 7.56. The third-order valence-corrected chi connectivity index (χ3v) is 7.56. The summed E-state index contributed by atoms with van der Waals surface area (Å²) in [5.41, 5.74) is -1.57. The van der Waals surface area contributed by atoms with Crippen LogP contribution in [0.5, 0.6) is 0 Å². The fourth-order valence-electron chi connectivity index (χ4n) is 5.94. The van der Waals surface area contributed by atoms with Crippen molar-refractivity contribution in [3.8, 4) is 0 Å². The largest absolute Gasteiger partial charge is 0.481 e. The van der Waals surface area contributed by atoms with Crippen molar-refractivity contribution in [2.75, 3.05) is 0 Å². The molecule has 2 unspecified atom stereocenters. The molecule has 4 aromatic rings. The Bertz CT molecular complexity index is 1490. The van der Waals surface area contributed by atoms with Crippen LogP contribution in [0.25, 0.3) is 0 Å². The lowest BCUT2D eigenvalue weighted by Gasteiger charge is -2.44. The van der Waals surface area contributed by atoms with Crippen LogP contribution in [0.1, 0.15) is 53.4 Å². The molecule has 214 valence electrons. The van der Waals surface area contributed by atoms with Gasteiger partial charge in [-0.1, -0.05) is 97.1 Å². The molecule has 0 bridgehead atoms. The van der Waals surface area contributed by atoms with Crippen molar-refractivity contribution in [3.05, 3.63) is 152 Å². The first-order valence-electron chi connectivity index (χ1n) is 13.2. The van der Waals surface area contributed by atoms with Gasteiger partial charge < -0.3 is 10.2 Å². The number of carboxylic acids is 2. The van der Waals surface area contributed by atoms with E-state index in [1.807, 2.05) is 0 Å². The van der Waals surface area contributed by atoms with E-state index in [0.717, 1.165) is 0 Å². The molecule has 0 aliphatic rings. The van der Waals surface area contributed by atoms with E-state index in [2.05, 4.69) is 0 Å². The minimum atomic E-state index is -2.02. The maximum absolute atomic E-state index is 13.9. The molecule has 0 aromatic heterocycles. The molecule has 0 spiro atoms. The molecule has 0 heterocycles. The quantitative estimate of drug-likeness (QED) is 0.132. The van der Waals surface area contributed by atoms with Crippen LogP contribution in [0.2, 0.25) is 0 Å². The van der Waals surface area contributed by atoms with Crippen molar-refractivity contribution < 1.29 is 29.6 Å². The van der Waals surface area contributed by atoms with Gasteiger partial charge in [-0.15, -0.1) is 0 Å². The molecular formula is C32H28N2O8. The maximum Gasteiger partial charge on any atom is 0.311 e. The summed E-state index contributed by atoms with van der Waals surface area (Å²) in [5, 5.41) is 45.5. The molecule has 42 heavy (non-hydrogen) atoms. The van der Waals surface area contributed by atoms with Crippen LogP contribution >= 0.6 is 0 Å². The van der Waals surface area contributed by atoms with Gasteiger partial charge in [0.1, 0.15) is 0 Å². The minimum absolute atomic E-state index is 0.102. The van der Waals surface area contributed by atoms with Crippen LogP contribution in [0.4, 0.5) is 11.4 Å². The number of carbonyl (C=O) groups is 2. The van der Waals surface area contributed by atoms with Gasteiger partial charge in [0.05, 0.1) is 15.3 Å². The molecule has 0 saturated carbocycles. The molecule has 4 rings (SSSR count). The van der Waals surface area contributed by atoms with Crippen molar-refractivity contribution in [2.24, 2.45) is 5.41 Å². The molecule has 10 heteroatoms. The maximum atomic E-state index is 13.9. The van der Waals surface area contributed by atoms with Crippen molar-refractivity contribution in [3.63, 3.8) is 0 Å². The topological polar surface area (TPSA) is 161 Å². The summed E-state index contributed by atoms with van der Waals surface area (Å²) in [7, 11) is 0. The average Bonchev–Trinajstić information content (AvgIpc) is 2.98. The first-order valence-corrected chi connectivity index (χ1v) is 13.2. The van der Waals surface area contributed by atoms with Gasteiger partial charge in [0.25, 0.3) is 11.4 Å². The first-order chi connectivity index (χ1) is 20.2. The number of nitrogens with zero attached hydrogens (tertiary/aromatic N) is 2. The monoisotopic (exact) mass is 568 g/mol. The standard InChI is InChI=1S/C32H28N2O8/c35-28(36)20-11-21-32(31(37)38,29(22-12-3-1-4-13-22)24-16-7-9-18-26(24)33(39)40)30(23-14-5-2-6-15-23)25-17-8-10-19-27(25)34(41)42/h1-10,12-19,29-30H,11,20-21H2,(H,35,36)(H,37,38).